The number of aromatic amines is 1. The fraction of sp³-hybridized carbons (Fsp3) is 0.389. The zero-order valence-electron chi connectivity index (χ0n) is 15.5. The molecular weight excluding hydrogens is 382 g/mol. The molecule has 29 heavy (non-hydrogen) atoms. The highest BCUT2D eigenvalue weighted by Gasteiger charge is 2.58. The van der Waals surface area contributed by atoms with Gasteiger partial charge in [-0.15, -0.1) is 0 Å². The van der Waals surface area contributed by atoms with Crippen LogP contribution in [0.15, 0.2) is 35.5 Å². The second-order valence-electron chi connectivity index (χ2n) is 7.30. The number of aromatic nitrogens is 5. The smallest absolute Gasteiger partial charge is 0.335 e. The Hall–Kier alpha value is -3.15. The predicted octanol–water partition coefficient (Wildman–Crippen LogP) is 0.684. The van der Waals surface area contributed by atoms with E-state index < -0.39 is 41.9 Å². The normalized spacial score (nSPS) is 27.9. The predicted molar refractivity (Wildman–Crippen MR) is 96.8 cm³/mol. The molecule has 2 aliphatic heterocycles. The lowest BCUT2D eigenvalue weighted by molar-refractivity contribution is -0.202. The lowest BCUT2D eigenvalue weighted by atomic mass is 10.1. The van der Waals surface area contributed by atoms with E-state index >= 15 is 0 Å². The Morgan fingerprint density at radius 2 is 2.03 bits per heavy atom. The van der Waals surface area contributed by atoms with E-state index in [1.54, 1.807) is 38.2 Å². The van der Waals surface area contributed by atoms with Gasteiger partial charge in [0.2, 0.25) is 0 Å². The first-order valence-electron chi connectivity index (χ1n) is 8.96. The topological polar surface area (TPSA) is 141 Å². The van der Waals surface area contributed by atoms with Crippen molar-refractivity contribution in [1.82, 2.24) is 24.5 Å². The van der Waals surface area contributed by atoms with Crippen LogP contribution < -0.4 is 5.56 Å². The van der Waals surface area contributed by atoms with Crippen molar-refractivity contribution in [2.24, 2.45) is 0 Å². The number of aliphatic carboxylic acids is 1. The molecule has 5 heterocycles. The monoisotopic (exact) mass is 399 g/mol. The molecule has 2 saturated heterocycles. The van der Waals surface area contributed by atoms with Crippen LogP contribution in [0, 0.1) is 0 Å². The van der Waals surface area contributed by atoms with E-state index in [0.717, 1.165) is 0 Å². The minimum absolute atomic E-state index is 0.0989. The van der Waals surface area contributed by atoms with Gasteiger partial charge in [0.15, 0.2) is 35.1 Å². The van der Waals surface area contributed by atoms with Crippen LogP contribution in [0.2, 0.25) is 0 Å². The van der Waals surface area contributed by atoms with Gasteiger partial charge in [0.05, 0.1) is 6.33 Å². The Kier molecular flexibility index (Phi) is 3.81. The van der Waals surface area contributed by atoms with E-state index in [1.165, 1.54) is 10.9 Å². The van der Waals surface area contributed by atoms with Crippen LogP contribution >= 0.6 is 0 Å². The van der Waals surface area contributed by atoms with Gasteiger partial charge in [-0.1, -0.05) is 6.07 Å². The molecule has 11 nitrogen and oxygen atoms in total. The minimum Gasteiger partial charge on any atom is -0.479 e. The zero-order chi connectivity index (χ0) is 20.3. The van der Waals surface area contributed by atoms with E-state index in [9.17, 15) is 14.7 Å². The highest BCUT2D eigenvalue weighted by molar-refractivity contribution is 5.74. The number of rotatable bonds is 3. The van der Waals surface area contributed by atoms with Crippen molar-refractivity contribution in [3.05, 3.63) is 41.1 Å². The zero-order valence-corrected chi connectivity index (χ0v) is 15.5. The van der Waals surface area contributed by atoms with Gasteiger partial charge in [-0.2, -0.15) is 0 Å². The van der Waals surface area contributed by atoms with Crippen LogP contribution in [0.5, 0.6) is 0 Å². The fourth-order valence-electron chi connectivity index (χ4n) is 3.74. The molecule has 0 aromatic carbocycles. The summed E-state index contributed by atoms with van der Waals surface area (Å²) < 4.78 is 18.9. The van der Waals surface area contributed by atoms with Gasteiger partial charge < -0.3 is 24.3 Å². The van der Waals surface area contributed by atoms with Gasteiger partial charge in [0.1, 0.15) is 17.9 Å². The number of carboxylic acid groups (broad SMARTS) is 1. The molecule has 2 aliphatic rings. The highest BCUT2D eigenvalue weighted by atomic mass is 16.8. The molecule has 5 rings (SSSR count). The Balaban J connectivity index is 1.63. The van der Waals surface area contributed by atoms with Gasteiger partial charge in [0.25, 0.3) is 5.56 Å². The number of hydrogen-bond acceptors (Lipinski definition) is 8. The molecule has 0 bridgehead atoms. The van der Waals surface area contributed by atoms with E-state index in [-0.39, 0.29) is 17.0 Å². The number of nitrogens with one attached hydrogen (secondary N) is 1. The molecule has 2 N–H and O–H groups in total. The van der Waals surface area contributed by atoms with Crippen molar-refractivity contribution >= 4 is 17.1 Å². The maximum absolute atomic E-state index is 12.5. The standard InChI is InChI=1S/C18H17N5O6/c1-18(2)28-10-11(29-18)16(27-12(10)17(25)26)23-7-20-9-14(23)21-13(22-15(9)24)8-5-3-4-6-19-8/h3-7,10-12,16H,1-2H3,(H,25,26)(H,21,22,24)/t10-,11+,12?,16?/m0/s1. The molecule has 3 aromatic rings. The molecule has 0 saturated carbocycles. The van der Waals surface area contributed by atoms with Crippen LogP contribution in [-0.2, 0) is 19.0 Å². The maximum Gasteiger partial charge on any atom is 0.335 e. The Morgan fingerprint density at radius 3 is 2.76 bits per heavy atom. The van der Waals surface area contributed by atoms with Gasteiger partial charge in [-0.25, -0.2) is 14.8 Å². The lowest BCUT2D eigenvalue weighted by Crippen LogP contribution is -2.35. The number of nitrogens with zero attached hydrogens (tertiary/aromatic N) is 4. The van der Waals surface area contributed by atoms with Crippen LogP contribution in [0.4, 0.5) is 0 Å². The van der Waals surface area contributed by atoms with E-state index in [1.807, 2.05) is 0 Å². The van der Waals surface area contributed by atoms with Gasteiger partial charge in [0, 0.05) is 6.20 Å². The molecule has 4 atom stereocenters. The first-order chi connectivity index (χ1) is 13.8. The SMILES string of the molecule is CC1(C)O[C@@H]2C(C(=O)O)OC(n3cnc4c(=O)[nH]c(-c5ccccn5)nc43)[C@@H]2O1. The molecule has 0 radical (unpaired) electrons. The summed E-state index contributed by atoms with van der Waals surface area (Å²) in [6.45, 7) is 3.41. The van der Waals surface area contributed by atoms with Crippen LogP contribution in [0.3, 0.4) is 0 Å². The summed E-state index contributed by atoms with van der Waals surface area (Å²) in [5.41, 5.74) is 0.372. The van der Waals surface area contributed by atoms with Gasteiger partial charge in [-0.05, 0) is 26.0 Å². The second kappa shape index (κ2) is 6.17. The third kappa shape index (κ3) is 2.82. The Morgan fingerprint density at radius 1 is 1.24 bits per heavy atom. The maximum atomic E-state index is 12.5. The van der Waals surface area contributed by atoms with E-state index in [0.29, 0.717) is 5.69 Å². The van der Waals surface area contributed by atoms with Crippen molar-refractivity contribution in [2.75, 3.05) is 0 Å². The summed E-state index contributed by atoms with van der Waals surface area (Å²) in [4.78, 5) is 39.7. The highest BCUT2D eigenvalue weighted by Crippen LogP contribution is 2.43. The molecule has 2 unspecified atom stereocenters. The third-order valence-electron chi connectivity index (χ3n) is 4.89. The van der Waals surface area contributed by atoms with Crippen molar-refractivity contribution < 1.29 is 24.1 Å². The Labute approximate surface area is 163 Å². The minimum atomic E-state index is -1.22. The number of fused-ring (bicyclic) bond motifs is 2. The first-order valence-corrected chi connectivity index (χ1v) is 8.96. The summed E-state index contributed by atoms with van der Waals surface area (Å²) in [7, 11) is 0. The number of hydrogen-bond donors (Lipinski definition) is 2. The first kappa shape index (κ1) is 17.9. The average Bonchev–Trinajstić information content (AvgIpc) is 3.33. The number of imidazole rings is 1. The second-order valence-corrected chi connectivity index (χ2v) is 7.30. The average molecular weight is 399 g/mol. The third-order valence-corrected chi connectivity index (χ3v) is 4.89. The molecule has 2 fully saturated rings. The van der Waals surface area contributed by atoms with Gasteiger partial charge >= 0.3 is 5.97 Å². The summed E-state index contributed by atoms with van der Waals surface area (Å²) in [6, 6.07) is 5.24. The number of carbonyl (C=O) groups is 1. The number of pyridine rings is 1. The lowest BCUT2D eigenvalue weighted by Gasteiger charge is -2.23. The van der Waals surface area contributed by atoms with Crippen molar-refractivity contribution in [3.8, 4) is 11.5 Å². The Bertz CT molecular complexity index is 1160. The molecule has 3 aromatic heterocycles. The van der Waals surface area contributed by atoms with Crippen LogP contribution in [0.25, 0.3) is 22.7 Å². The van der Waals surface area contributed by atoms with Crippen molar-refractivity contribution in [1.29, 1.82) is 0 Å². The molecule has 150 valence electrons. The molecule has 0 spiro atoms. The fourth-order valence-corrected chi connectivity index (χ4v) is 3.74. The van der Waals surface area contributed by atoms with Crippen LogP contribution in [0.1, 0.15) is 20.1 Å². The number of H-pyrrole nitrogens is 1. The molecule has 0 amide bonds. The summed E-state index contributed by atoms with van der Waals surface area (Å²) in [5.74, 6) is -1.86. The number of carboxylic acids is 1. The van der Waals surface area contributed by atoms with E-state index in [4.69, 9.17) is 14.2 Å². The van der Waals surface area contributed by atoms with Gasteiger partial charge in [-0.3, -0.25) is 14.3 Å². The largest absolute Gasteiger partial charge is 0.479 e. The molecular formula is C18H17N5O6. The summed E-state index contributed by atoms with van der Waals surface area (Å²) in [5, 5.41) is 9.53. The summed E-state index contributed by atoms with van der Waals surface area (Å²) in [6.07, 6.45) is -0.633. The molecule has 0 aliphatic carbocycles. The van der Waals surface area contributed by atoms with Crippen molar-refractivity contribution in [3.63, 3.8) is 0 Å². The molecule has 11 heteroatoms. The quantitative estimate of drug-likeness (QED) is 0.650. The number of ether oxygens (including phenoxy) is 3. The van der Waals surface area contributed by atoms with E-state index in [2.05, 4.69) is 19.9 Å². The van der Waals surface area contributed by atoms with Crippen molar-refractivity contribution in [2.45, 2.75) is 44.2 Å². The summed E-state index contributed by atoms with van der Waals surface area (Å²) >= 11 is 0. The van der Waals surface area contributed by atoms with Crippen LogP contribution in [-0.4, -0.2) is 59.7 Å².